The van der Waals surface area contributed by atoms with E-state index in [0.717, 1.165) is 18.4 Å². The van der Waals surface area contributed by atoms with Gasteiger partial charge in [-0.3, -0.25) is 4.79 Å². The molecule has 168 valence electrons. The minimum atomic E-state index is -0.477. The summed E-state index contributed by atoms with van der Waals surface area (Å²) < 4.78 is 0. The van der Waals surface area contributed by atoms with Gasteiger partial charge in [-0.2, -0.15) is 5.10 Å². The van der Waals surface area contributed by atoms with Gasteiger partial charge in [0.2, 0.25) is 0 Å². The molecule has 2 aromatic rings. The van der Waals surface area contributed by atoms with Crippen LogP contribution in [0.15, 0.2) is 47.6 Å². The fourth-order valence-electron chi connectivity index (χ4n) is 3.58. The van der Waals surface area contributed by atoms with E-state index in [-0.39, 0.29) is 17.1 Å². The van der Waals surface area contributed by atoms with Crippen LogP contribution >= 0.6 is 0 Å². The molecule has 31 heavy (non-hydrogen) atoms. The van der Waals surface area contributed by atoms with Crippen molar-refractivity contribution in [3.8, 4) is 11.5 Å². The smallest absolute Gasteiger partial charge is 0.275 e. The second-order valence-electron chi connectivity index (χ2n) is 8.12. The van der Waals surface area contributed by atoms with Crippen LogP contribution in [0.4, 0.5) is 0 Å². The van der Waals surface area contributed by atoms with Gasteiger partial charge in [-0.25, -0.2) is 5.43 Å². The molecule has 1 amide bonds. The van der Waals surface area contributed by atoms with Crippen LogP contribution in [0, 0.1) is 6.92 Å². The molecule has 0 heterocycles. The summed E-state index contributed by atoms with van der Waals surface area (Å²) in [4.78, 5) is 12.4. The van der Waals surface area contributed by atoms with Gasteiger partial charge in [-0.15, -0.1) is 0 Å². The molecule has 0 saturated heterocycles. The Morgan fingerprint density at radius 3 is 2.13 bits per heavy atom. The molecule has 3 N–H and O–H groups in total. The lowest BCUT2D eigenvalue weighted by Crippen LogP contribution is -2.20. The first-order valence-corrected chi connectivity index (χ1v) is 11.5. The minimum Gasteiger partial charge on any atom is -0.507 e. The van der Waals surface area contributed by atoms with Gasteiger partial charge in [-0.05, 0) is 44.0 Å². The molecule has 0 spiro atoms. The van der Waals surface area contributed by atoms with Crippen LogP contribution in [0.1, 0.15) is 92.6 Å². The number of hydrogen-bond donors (Lipinski definition) is 3. The number of benzene rings is 2. The van der Waals surface area contributed by atoms with Crippen LogP contribution in [0.5, 0.6) is 11.5 Å². The minimum absolute atomic E-state index is 0.0888. The predicted octanol–water partition coefficient (Wildman–Crippen LogP) is 6.46. The maximum absolute atomic E-state index is 12.4. The Balaban J connectivity index is 1.97. The summed E-state index contributed by atoms with van der Waals surface area (Å²) >= 11 is 0. The van der Waals surface area contributed by atoms with E-state index in [1.165, 1.54) is 51.0 Å². The summed E-state index contributed by atoms with van der Waals surface area (Å²) in [5.41, 5.74) is 5.01. The lowest BCUT2D eigenvalue weighted by Gasteiger charge is -2.11. The van der Waals surface area contributed by atoms with Crippen molar-refractivity contribution in [3.63, 3.8) is 0 Å². The van der Waals surface area contributed by atoms with Gasteiger partial charge in [-0.1, -0.05) is 82.1 Å². The highest BCUT2D eigenvalue weighted by Crippen LogP contribution is 2.22. The lowest BCUT2D eigenvalue weighted by molar-refractivity contribution is 0.0952. The van der Waals surface area contributed by atoms with Crippen molar-refractivity contribution in [2.45, 2.75) is 78.1 Å². The first-order chi connectivity index (χ1) is 15.0. The predicted molar refractivity (Wildman–Crippen MR) is 127 cm³/mol. The second kappa shape index (κ2) is 13.5. The zero-order valence-corrected chi connectivity index (χ0v) is 18.9. The van der Waals surface area contributed by atoms with Gasteiger partial charge in [0.1, 0.15) is 11.5 Å². The van der Waals surface area contributed by atoms with Crippen molar-refractivity contribution in [3.05, 3.63) is 59.2 Å². The molecular formula is C26H36N2O3. The van der Waals surface area contributed by atoms with Crippen LogP contribution in [0.3, 0.4) is 0 Å². The van der Waals surface area contributed by atoms with E-state index >= 15 is 0 Å². The maximum Gasteiger partial charge on any atom is 0.275 e. The van der Waals surface area contributed by atoms with E-state index in [1.807, 2.05) is 19.1 Å². The molecule has 0 fully saturated rings. The van der Waals surface area contributed by atoms with Gasteiger partial charge >= 0.3 is 0 Å². The van der Waals surface area contributed by atoms with Crippen LogP contribution in [-0.2, 0) is 0 Å². The van der Waals surface area contributed by atoms with Gasteiger partial charge in [0.25, 0.3) is 5.91 Å². The first kappa shape index (κ1) is 24.4. The normalized spacial score (nSPS) is 11.5. The van der Waals surface area contributed by atoms with Crippen molar-refractivity contribution < 1.29 is 15.0 Å². The fourth-order valence-corrected chi connectivity index (χ4v) is 3.58. The molecule has 0 radical (unpaired) electrons. The van der Waals surface area contributed by atoms with Gasteiger partial charge in [0.15, 0.2) is 0 Å². The summed E-state index contributed by atoms with van der Waals surface area (Å²) in [6, 6.07) is 11.7. The number of carbonyl (C=O) groups is 1. The zero-order valence-electron chi connectivity index (χ0n) is 18.9. The lowest BCUT2D eigenvalue weighted by atomic mass is 10.00. The van der Waals surface area contributed by atoms with Crippen molar-refractivity contribution in [1.82, 2.24) is 5.43 Å². The fraction of sp³-hybridized carbons (Fsp3) is 0.462. The number of nitrogens with one attached hydrogen (secondary N) is 1. The third kappa shape index (κ3) is 8.44. The van der Waals surface area contributed by atoms with Crippen LogP contribution in [0.2, 0.25) is 0 Å². The summed E-state index contributed by atoms with van der Waals surface area (Å²) in [5, 5.41) is 24.6. The van der Waals surface area contributed by atoms with Gasteiger partial charge in [0.05, 0.1) is 11.3 Å². The Hall–Kier alpha value is -2.82. The number of nitrogens with zero attached hydrogens (tertiary/aromatic N) is 1. The number of hydrazone groups is 1. The van der Waals surface area contributed by atoms with E-state index in [9.17, 15) is 15.0 Å². The molecular weight excluding hydrogens is 388 g/mol. The van der Waals surface area contributed by atoms with E-state index in [2.05, 4.69) is 17.5 Å². The quantitative estimate of drug-likeness (QED) is 0.196. The van der Waals surface area contributed by atoms with E-state index in [4.69, 9.17) is 0 Å². The van der Waals surface area contributed by atoms with Crippen molar-refractivity contribution in [1.29, 1.82) is 0 Å². The number of aromatic hydroxyl groups is 2. The van der Waals surface area contributed by atoms with Gasteiger partial charge in [0, 0.05) is 5.56 Å². The molecule has 2 rings (SSSR count). The molecule has 0 aliphatic carbocycles. The Bertz CT molecular complexity index is 861. The first-order valence-electron chi connectivity index (χ1n) is 11.5. The second-order valence-corrected chi connectivity index (χ2v) is 8.12. The molecule has 2 aromatic carbocycles. The Morgan fingerprint density at radius 2 is 1.45 bits per heavy atom. The zero-order chi connectivity index (χ0) is 22.5. The number of rotatable bonds is 13. The SMILES string of the molecule is CCCCCCCCCCCC(=NNC(=O)c1ccccc1O)c1cc(C)ccc1O. The van der Waals surface area contributed by atoms with E-state index in [0.29, 0.717) is 17.7 Å². The van der Waals surface area contributed by atoms with Crippen LogP contribution in [0.25, 0.3) is 0 Å². The van der Waals surface area contributed by atoms with Crippen LogP contribution < -0.4 is 5.43 Å². The molecule has 5 heteroatoms. The molecule has 0 aliphatic rings. The van der Waals surface area contributed by atoms with Crippen molar-refractivity contribution >= 4 is 11.6 Å². The Labute approximate surface area is 186 Å². The highest BCUT2D eigenvalue weighted by atomic mass is 16.3. The topological polar surface area (TPSA) is 81.9 Å². The average molecular weight is 425 g/mol. The van der Waals surface area contributed by atoms with Crippen molar-refractivity contribution in [2.75, 3.05) is 0 Å². The summed E-state index contributed by atoms with van der Waals surface area (Å²) in [5.74, 6) is -0.416. The number of unbranched alkanes of at least 4 members (excludes halogenated alkanes) is 8. The number of phenolic OH excluding ortho intramolecular Hbond substituents is 2. The number of para-hydroxylation sites is 1. The highest BCUT2D eigenvalue weighted by molar-refractivity contribution is 6.04. The monoisotopic (exact) mass is 424 g/mol. The van der Waals surface area contributed by atoms with E-state index in [1.54, 1.807) is 24.3 Å². The van der Waals surface area contributed by atoms with E-state index < -0.39 is 5.91 Å². The van der Waals surface area contributed by atoms with Crippen LogP contribution in [-0.4, -0.2) is 21.8 Å². The molecule has 0 saturated carbocycles. The third-order valence-corrected chi connectivity index (χ3v) is 5.42. The van der Waals surface area contributed by atoms with Crippen molar-refractivity contribution in [2.24, 2.45) is 5.10 Å². The summed E-state index contributed by atoms with van der Waals surface area (Å²) in [6.45, 7) is 4.19. The number of carbonyl (C=O) groups excluding carboxylic acids is 1. The highest BCUT2D eigenvalue weighted by Gasteiger charge is 2.13. The molecule has 0 unspecified atom stereocenters. The Morgan fingerprint density at radius 1 is 0.839 bits per heavy atom. The standard InChI is InChI=1S/C26H36N2O3/c1-3-4-5-6-7-8-9-10-11-15-23(22-19-20(2)17-18-25(22)30)27-28-26(31)21-14-12-13-16-24(21)29/h12-14,16-19,29-30H,3-11,15H2,1-2H3,(H,28,31). The molecule has 5 nitrogen and oxygen atoms in total. The summed E-state index contributed by atoms with van der Waals surface area (Å²) in [6.07, 6.45) is 11.7. The maximum atomic E-state index is 12.4. The number of aryl methyl sites for hydroxylation is 1. The molecule has 0 bridgehead atoms. The largest absolute Gasteiger partial charge is 0.507 e. The number of phenols is 2. The molecule has 0 atom stereocenters. The number of hydrogen-bond acceptors (Lipinski definition) is 4. The third-order valence-electron chi connectivity index (χ3n) is 5.42. The number of amides is 1. The Kier molecular flexibility index (Phi) is 10.6. The molecule has 0 aliphatic heterocycles. The molecule has 0 aromatic heterocycles. The van der Waals surface area contributed by atoms with Gasteiger partial charge < -0.3 is 10.2 Å². The summed E-state index contributed by atoms with van der Waals surface area (Å²) in [7, 11) is 0. The average Bonchev–Trinajstić information content (AvgIpc) is 2.76.